The average molecular weight is 347 g/mol. The number of carbonyl (C=O) groups is 1. The van der Waals surface area contributed by atoms with Crippen LogP contribution in [0, 0.1) is 0 Å². The van der Waals surface area contributed by atoms with Crippen molar-refractivity contribution in [2.24, 2.45) is 0 Å². The van der Waals surface area contributed by atoms with Gasteiger partial charge in [0.15, 0.2) is 9.90 Å². The van der Waals surface area contributed by atoms with Crippen molar-refractivity contribution >= 4 is 28.5 Å². The Morgan fingerprint density at radius 2 is 2.12 bits per heavy atom. The first kappa shape index (κ1) is 14.1. The van der Waals surface area contributed by atoms with Crippen LogP contribution in [0.1, 0.15) is 6.92 Å². The molecule has 0 bridgehead atoms. The summed E-state index contributed by atoms with van der Waals surface area (Å²) in [5.74, 6) is -0.475. The predicted molar refractivity (Wildman–Crippen MR) is 60.5 cm³/mol. The molecule has 0 aromatic rings. The Bertz CT molecular complexity index is 273. The Morgan fingerprint density at radius 1 is 1.56 bits per heavy atom. The Kier molecular flexibility index (Phi) is 4.49. The highest BCUT2D eigenvalue weighted by Gasteiger charge is 2.53. The lowest BCUT2D eigenvalue weighted by Gasteiger charge is -2.45. The van der Waals surface area contributed by atoms with Gasteiger partial charge in [-0.3, -0.25) is 4.79 Å². The van der Waals surface area contributed by atoms with E-state index in [1.807, 2.05) is 0 Å². The number of rotatable bonds is 2. The third kappa shape index (κ3) is 2.63. The SMILES string of the molecule is CC(=O)N[C@@H]1C(O)O[C@H](CO)[C@H](O)[C@]1(O)I. The van der Waals surface area contributed by atoms with E-state index in [1.54, 1.807) is 0 Å². The number of halogens is 1. The van der Waals surface area contributed by atoms with Gasteiger partial charge in [0, 0.05) is 6.92 Å². The zero-order valence-corrected chi connectivity index (χ0v) is 10.7. The maximum atomic E-state index is 10.9. The molecular weight excluding hydrogens is 333 g/mol. The molecule has 1 unspecified atom stereocenters. The summed E-state index contributed by atoms with van der Waals surface area (Å²) in [7, 11) is 0. The lowest BCUT2D eigenvalue weighted by atomic mass is 9.97. The molecule has 94 valence electrons. The molecule has 1 saturated heterocycles. The van der Waals surface area contributed by atoms with Crippen LogP contribution in [-0.2, 0) is 9.53 Å². The number of alkyl halides is 1. The quantitative estimate of drug-likeness (QED) is 0.283. The molecular formula is C8H14INO6. The van der Waals surface area contributed by atoms with Gasteiger partial charge < -0.3 is 30.5 Å². The van der Waals surface area contributed by atoms with Crippen LogP contribution in [0.4, 0.5) is 0 Å². The van der Waals surface area contributed by atoms with Crippen molar-refractivity contribution in [3.63, 3.8) is 0 Å². The molecule has 0 saturated carbocycles. The van der Waals surface area contributed by atoms with Crippen LogP contribution in [0.25, 0.3) is 0 Å². The molecule has 1 aliphatic heterocycles. The zero-order chi connectivity index (χ0) is 12.5. The van der Waals surface area contributed by atoms with Gasteiger partial charge in [-0.1, -0.05) is 0 Å². The fraction of sp³-hybridized carbons (Fsp3) is 0.875. The summed E-state index contributed by atoms with van der Waals surface area (Å²) in [6, 6.07) is -1.16. The predicted octanol–water partition coefficient (Wildman–Crippen LogP) is -2.31. The van der Waals surface area contributed by atoms with Gasteiger partial charge >= 0.3 is 0 Å². The average Bonchev–Trinajstić information content (AvgIpc) is 2.18. The molecule has 5 atom stereocenters. The van der Waals surface area contributed by atoms with Crippen molar-refractivity contribution < 1.29 is 30.0 Å². The van der Waals surface area contributed by atoms with Gasteiger partial charge in [0.1, 0.15) is 18.2 Å². The summed E-state index contributed by atoms with van der Waals surface area (Å²) < 4.78 is 3.06. The van der Waals surface area contributed by atoms with Crippen molar-refractivity contribution in [1.82, 2.24) is 5.32 Å². The molecule has 0 aromatic heterocycles. The molecule has 1 heterocycles. The standard InChI is InChI=1S/C8H14INO6/c1-3(12)10-5-7(14)16-4(2-11)6(13)8(5,9)15/h4-7,11,13-15H,2H2,1H3,(H,10,12)/t4-,5-,6+,7?,8+/m1/s1. The van der Waals surface area contributed by atoms with Crippen LogP contribution < -0.4 is 5.32 Å². The highest BCUT2D eigenvalue weighted by molar-refractivity contribution is 14.1. The molecule has 0 aromatic carbocycles. The second-order valence-corrected chi connectivity index (χ2v) is 5.33. The molecule has 1 aliphatic rings. The lowest BCUT2D eigenvalue weighted by molar-refractivity contribution is -0.258. The van der Waals surface area contributed by atoms with Crippen LogP contribution in [0.3, 0.4) is 0 Å². The highest BCUT2D eigenvalue weighted by atomic mass is 127. The third-order valence-electron chi connectivity index (χ3n) is 2.34. The lowest BCUT2D eigenvalue weighted by Crippen LogP contribution is -2.68. The summed E-state index contributed by atoms with van der Waals surface area (Å²) in [4.78, 5) is 10.9. The highest BCUT2D eigenvalue weighted by Crippen LogP contribution is 2.34. The van der Waals surface area contributed by atoms with Crippen LogP contribution in [-0.4, -0.2) is 61.1 Å². The number of hydrogen-bond acceptors (Lipinski definition) is 6. The van der Waals surface area contributed by atoms with Gasteiger partial charge in [-0.25, -0.2) is 0 Å². The first-order valence-electron chi connectivity index (χ1n) is 4.61. The fourth-order valence-electron chi connectivity index (χ4n) is 1.51. The van der Waals surface area contributed by atoms with Crippen LogP contribution in [0.2, 0.25) is 0 Å². The van der Waals surface area contributed by atoms with Crippen molar-refractivity contribution in [2.75, 3.05) is 6.61 Å². The Balaban J connectivity index is 2.89. The van der Waals surface area contributed by atoms with E-state index in [4.69, 9.17) is 9.84 Å². The second-order valence-electron chi connectivity index (χ2n) is 3.60. The summed E-state index contributed by atoms with van der Waals surface area (Å²) >= 11 is 1.51. The zero-order valence-electron chi connectivity index (χ0n) is 8.50. The van der Waals surface area contributed by atoms with E-state index < -0.39 is 40.7 Å². The van der Waals surface area contributed by atoms with Crippen molar-refractivity contribution in [3.05, 3.63) is 0 Å². The Labute approximate surface area is 106 Å². The van der Waals surface area contributed by atoms with E-state index in [0.29, 0.717) is 0 Å². The summed E-state index contributed by atoms with van der Waals surface area (Å²) in [5, 5.41) is 40.4. The van der Waals surface area contributed by atoms with E-state index in [0.717, 1.165) is 0 Å². The molecule has 1 amide bonds. The van der Waals surface area contributed by atoms with Gasteiger partial charge in [0.25, 0.3) is 0 Å². The first-order valence-corrected chi connectivity index (χ1v) is 5.69. The number of aliphatic hydroxyl groups is 4. The first-order chi connectivity index (χ1) is 7.30. The van der Waals surface area contributed by atoms with E-state index in [2.05, 4.69) is 5.32 Å². The molecule has 0 radical (unpaired) electrons. The summed E-state index contributed by atoms with van der Waals surface area (Å²) in [6.45, 7) is 0.667. The van der Waals surface area contributed by atoms with Crippen LogP contribution in [0.15, 0.2) is 0 Å². The van der Waals surface area contributed by atoms with E-state index in [9.17, 15) is 20.1 Å². The topological polar surface area (TPSA) is 119 Å². The number of amides is 1. The largest absolute Gasteiger partial charge is 0.394 e. The minimum atomic E-state index is -1.81. The molecule has 7 nitrogen and oxygen atoms in total. The van der Waals surface area contributed by atoms with Gasteiger partial charge in [-0.05, 0) is 22.6 Å². The number of nitrogens with one attached hydrogen (secondary N) is 1. The van der Waals surface area contributed by atoms with E-state index >= 15 is 0 Å². The van der Waals surface area contributed by atoms with Crippen molar-refractivity contribution in [1.29, 1.82) is 0 Å². The van der Waals surface area contributed by atoms with E-state index in [-0.39, 0.29) is 0 Å². The minimum absolute atomic E-state index is 0.475. The Hall–Kier alpha value is -0.000000000000000222. The van der Waals surface area contributed by atoms with Crippen LogP contribution in [0.5, 0.6) is 0 Å². The molecule has 5 N–H and O–H groups in total. The van der Waals surface area contributed by atoms with Gasteiger partial charge in [-0.15, -0.1) is 0 Å². The Morgan fingerprint density at radius 3 is 2.56 bits per heavy atom. The number of hydrogen-bond donors (Lipinski definition) is 5. The molecule has 8 heteroatoms. The van der Waals surface area contributed by atoms with Gasteiger partial charge in [-0.2, -0.15) is 0 Å². The number of aliphatic hydroxyl groups excluding tert-OH is 3. The van der Waals surface area contributed by atoms with Gasteiger partial charge in [0.2, 0.25) is 5.91 Å². The normalized spacial score (nSPS) is 44.1. The molecule has 0 aliphatic carbocycles. The maximum Gasteiger partial charge on any atom is 0.217 e. The minimum Gasteiger partial charge on any atom is -0.394 e. The third-order valence-corrected chi connectivity index (χ3v) is 3.65. The molecule has 1 fully saturated rings. The molecule has 0 spiro atoms. The summed E-state index contributed by atoms with van der Waals surface area (Å²) in [6.07, 6.45) is -4.01. The molecule has 1 rings (SSSR count). The number of ether oxygens (including phenoxy) is 1. The monoisotopic (exact) mass is 347 g/mol. The smallest absolute Gasteiger partial charge is 0.217 e. The van der Waals surface area contributed by atoms with Crippen LogP contribution >= 0.6 is 22.6 Å². The van der Waals surface area contributed by atoms with Crippen molar-refractivity contribution in [3.8, 4) is 0 Å². The number of carbonyl (C=O) groups excluding carboxylic acids is 1. The van der Waals surface area contributed by atoms with Crippen molar-refractivity contribution in [2.45, 2.75) is 35.1 Å². The summed E-state index contributed by atoms with van der Waals surface area (Å²) in [5.41, 5.74) is 0. The fourth-order valence-corrected chi connectivity index (χ4v) is 2.38. The van der Waals surface area contributed by atoms with E-state index in [1.165, 1.54) is 29.5 Å². The molecule has 16 heavy (non-hydrogen) atoms. The maximum absolute atomic E-state index is 10.9. The second kappa shape index (κ2) is 5.10. The van der Waals surface area contributed by atoms with Gasteiger partial charge in [0.05, 0.1) is 6.61 Å².